The molecule has 0 aliphatic rings. The van der Waals surface area contributed by atoms with Crippen LogP contribution in [0.4, 0.5) is 10.5 Å². The van der Waals surface area contributed by atoms with E-state index in [4.69, 9.17) is 4.74 Å². The summed E-state index contributed by atoms with van der Waals surface area (Å²) >= 11 is 0. The molecule has 2 aromatic carbocycles. The lowest BCUT2D eigenvalue weighted by atomic mass is 10.1. The van der Waals surface area contributed by atoms with Crippen LogP contribution in [0.3, 0.4) is 0 Å². The van der Waals surface area contributed by atoms with Crippen LogP contribution in [0.1, 0.15) is 19.4 Å². The summed E-state index contributed by atoms with van der Waals surface area (Å²) in [5.41, 5.74) is 2.80. The van der Waals surface area contributed by atoms with Crippen molar-refractivity contribution >= 4 is 17.9 Å². The number of anilines is 1. The van der Waals surface area contributed by atoms with Crippen molar-refractivity contribution in [2.75, 3.05) is 5.32 Å². The average Bonchev–Trinajstić information content (AvgIpc) is 2.49. The lowest BCUT2D eigenvalue weighted by Crippen LogP contribution is -2.20. The molecule has 2 aromatic rings. The Bertz CT molecular complexity index is 606. The van der Waals surface area contributed by atoms with E-state index in [9.17, 15) is 4.79 Å². The molecule has 1 amide bonds. The predicted molar refractivity (Wildman–Crippen MR) is 86.1 cm³/mol. The Morgan fingerprint density at radius 1 is 1.05 bits per heavy atom. The molecule has 3 heteroatoms. The van der Waals surface area contributed by atoms with E-state index in [0.29, 0.717) is 0 Å². The number of rotatable bonds is 4. The predicted octanol–water partition coefficient (Wildman–Crippen LogP) is 4.73. The van der Waals surface area contributed by atoms with Gasteiger partial charge in [-0.1, -0.05) is 54.6 Å². The topological polar surface area (TPSA) is 38.3 Å². The minimum Gasteiger partial charge on any atom is -0.442 e. The Morgan fingerprint density at radius 2 is 1.62 bits per heavy atom. The molecule has 3 nitrogen and oxygen atoms in total. The maximum Gasteiger partial charge on any atom is 0.412 e. The number of nitrogens with one attached hydrogen (secondary N) is 1. The Hall–Kier alpha value is -2.55. The number of hydrogen-bond donors (Lipinski definition) is 1. The van der Waals surface area contributed by atoms with Crippen molar-refractivity contribution in [1.82, 2.24) is 0 Å². The van der Waals surface area contributed by atoms with Crippen LogP contribution in [-0.2, 0) is 4.74 Å². The molecule has 0 spiro atoms. The van der Waals surface area contributed by atoms with Gasteiger partial charge in [0.2, 0.25) is 0 Å². The largest absolute Gasteiger partial charge is 0.442 e. The van der Waals surface area contributed by atoms with Crippen molar-refractivity contribution in [3.8, 4) is 0 Å². The third-order valence-corrected chi connectivity index (χ3v) is 3.14. The van der Waals surface area contributed by atoms with Crippen molar-refractivity contribution in [2.45, 2.75) is 20.0 Å². The van der Waals surface area contributed by atoms with E-state index in [1.54, 1.807) is 0 Å². The molecule has 0 fully saturated rings. The summed E-state index contributed by atoms with van der Waals surface area (Å²) in [5, 5.41) is 2.70. The minimum absolute atomic E-state index is 0.283. The first-order chi connectivity index (χ1) is 10.1. The highest BCUT2D eigenvalue weighted by Gasteiger charge is 2.11. The van der Waals surface area contributed by atoms with Crippen LogP contribution in [0, 0.1) is 0 Å². The fraction of sp³-hybridized carbons (Fsp3) is 0.167. The SMILES string of the molecule is C/C(=C/c1ccccc1)[C@@H](C)OC(=O)Nc1ccccc1. The zero-order chi connectivity index (χ0) is 15.1. The first-order valence-corrected chi connectivity index (χ1v) is 6.91. The molecule has 1 atom stereocenters. The fourth-order valence-electron chi connectivity index (χ4n) is 1.85. The highest BCUT2D eigenvalue weighted by molar-refractivity contribution is 5.84. The molecule has 0 bridgehead atoms. The van der Waals surface area contributed by atoms with E-state index in [-0.39, 0.29) is 6.10 Å². The third kappa shape index (κ3) is 4.80. The molecular formula is C18H19NO2. The smallest absolute Gasteiger partial charge is 0.412 e. The van der Waals surface area contributed by atoms with Crippen molar-refractivity contribution in [2.24, 2.45) is 0 Å². The highest BCUT2D eigenvalue weighted by atomic mass is 16.6. The number of hydrogen-bond acceptors (Lipinski definition) is 2. The summed E-state index contributed by atoms with van der Waals surface area (Å²) in [4.78, 5) is 11.8. The highest BCUT2D eigenvalue weighted by Crippen LogP contribution is 2.13. The van der Waals surface area contributed by atoms with Crippen LogP contribution in [0.25, 0.3) is 6.08 Å². The van der Waals surface area contributed by atoms with Crippen LogP contribution in [0.2, 0.25) is 0 Å². The molecule has 1 N–H and O–H groups in total. The summed E-state index contributed by atoms with van der Waals surface area (Å²) in [7, 11) is 0. The number of benzene rings is 2. The molecular weight excluding hydrogens is 262 g/mol. The van der Waals surface area contributed by atoms with Crippen LogP contribution in [0.15, 0.2) is 66.2 Å². The van der Waals surface area contributed by atoms with Gasteiger partial charge in [-0.25, -0.2) is 4.79 Å². The summed E-state index contributed by atoms with van der Waals surface area (Å²) in [6.45, 7) is 3.81. The number of ether oxygens (including phenoxy) is 1. The lowest BCUT2D eigenvalue weighted by Gasteiger charge is -2.14. The molecule has 0 aliphatic carbocycles. The van der Waals surface area contributed by atoms with E-state index in [2.05, 4.69) is 5.32 Å². The quantitative estimate of drug-likeness (QED) is 0.880. The second-order valence-electron chi connectivity index (χ2n) is 4.84. The normalized spacial score (nSPS) is 12.6. The molecule has 0 saturated heterocycles. The van der Waals surface area contributed by atoms with Crippen LogP contribution >= 0.6 is 0 Å². The van der Waals surface area contributed by atoms with Gasteiger partial charge in [0.25, 0.3) is 0 Å². The summed E-state index contributed by atoms with van der Waals surface area (Å²) in [6.07, 6.45) is 1.28. The van der Waals surface area contributed by atoms with Crippen molar-refractivity contribution in [3.63, 3.8) is 0 Å². The maximum atomic E-state index is 11.8. The van der Waals surface area contributed by atoms with Gasteiger partial charge in [0, 0.05) is 5.69 Å². The van der Waals surface area contributed by atoms with Crippen molar-refractivity contribution in [3.05, 3.63) is 71.8 Å². The Kier molecular flexibility index (Phi) is 5.16. The van der Waals surface area contributed by atoms with Gasteiger partial charge in [0.05, 0.1) is 0 Å². The van der Waals surface area contributed by atoms with Gasteiger partial charge in [0.15, 0.2) is 0 Å². The average molecular weight is 281 g/mol. The third-order valence-electron chi connectivity index (χ3n) is 3.14. The summed E-state index contributed by atoms with van der Waals surface area (Å²) in [5.74, 6) is 0. The first-order valence-electron chi connectivity index (χ1n) is 6.91. The first kappa shape index (κ1) is 14.9. The molecule has 2 rings (SSSR count). The monoisotopic (exact) mass is 281 g/mol. The van der Waals surface area contributed by atoms with Gasteiger partial charge in [-0.2, -0.15) is 0 Å². The second-order valence-corrected chi connectivity index (χ2v) is 4.84. The number of amides is 1. The van der Waals surface area contributed by atoms with Crippen LogP contribution < -0.4 is 5.32 Å². The van der Waals surface area contributed by atoms with Gasteiger partial charge in [-0.3, -0.25) is 5.32 Å². The number of para-hydroxylation sites is 1. The minimum atomic E-state index is -0.450. The second kappa shape index (κ2) is 7.29. The van der Waals surface area contributed by atoms with Crippen LogP contribution in [-0.4, -0.2) is 12.2 Å². The lowest BCUT2D eigenvalue weighted by molar-refractivity contribution is 0.137. The summed E-state index contributed by atoms with van der Waals surface area (Å²) < 4.78 is 5.37. The molecule has 0 heterocycles. The van der Waals surface area contributed by atoms with E-state index in [1.807, 2.05) is 80.6 Å². The van der Waals surface area contributed by atoms with E-state index >= 15 is 0 Å². The molecule has 0 aromatic heterocycles. The number of carbonyl (C=O) groups excluding carboxylic acids is 1. The zero-order valence-corrected chi connectivity index (χ0v) is 12.2. The molecule has 0 aliphatic heterocycles. The van der Waals surface area contributed by atoms with Crippen molar-refractivity contribution < 1.29 is 9.53 Å². The van der Waals surface area contributed by atoms with E-state index in [1.165, 1.54) is 0 Å². The van der Waals surface area contributed by atoms with Crippen LogP contribution in [0.5, 0.6) is 0 Å². The van der Waals surface area contributed by atoms with Gasteiger partial charge in [0.1, 0.15) is 6.10 Å². The molecule has 21 heavy (non-hydrogen) atoms. The van der Waals surface area contributed by atoms with Gasteiger partial charge in [-0.05, 0) is 37.1 Å². The zero-order valence-electron chi connectivity index (χ0n) is 12.2. The maximum absolute atomic E-state index is 11.8. The summed E-state index contributed by atoms with van der Waals surface area (Å²) in [6, 6.07) is 19.2. The molecule has 0 saturated carbocycles. The van der Waals surface area contributed by atoms with Gasteiger partial charge in [-0.15, -0.1) is 0 Å². The Balaban J connectivity index is 1.93. The fourth-order valence-corrected chi connectivity index (χ4v) is 1.85. The van der Waals surface area contributed by atoms with Crippen molar-refractivity contribution in [1.29, 1.82) is 0 Å². The Labute approximate surface area is 125 Å². The van der Waals surface area contributed by atoms with Gasteiger partial charge < -0.3 is 4.74 Å². The Morgan fingerprint density at radius 3 is 2.24 bits per heavy atom. The molecule has 0 radical (unpaired) electrons. The number of carbonyl (C=O) groups is 1. The van der Waals surface area contributed by atoms with E-state index in [0.717, 1.165) is 16.8 Å². The molecule has 0 unspecified atom stereocenters. The standard InChI is InChI=1S/C18H19NO2/c1-14(13-16-9-5-3-6-10-16)15(2)21-18(20)19-17-11-7-4-8-12-17/h3-13,15H,1-2H3,(H,19,20)/b14-13-/t15-/m1/s1. The van der Waals surface area contributed by atoms with E-state index < -0.39 is 6.09 Å². The van der Waals surface area contributed by atoms with Gasteiger partial charge >= 0.3 is 6.09 Å². The molecule has 108 valence electrons.